The van der Waals surface area contributed by atoms with E-state index in [-0.39, 0.29) is 24.0 Å². The van der Waals surface area contributed by atoms with Gasteiger partial charge in [-0.3, -0.25) is 4.98 Å². The lowest BCUT2D eigenvalue weighted by molar-refractivity contribution is 0.00171. The molecule has 0 spiro atoms. The van der Waals surface area contributed by atoms with Crippen LogP contribution < -0.4 is 5.32 Å². The second-order valence-corrected chi connectivity index (χ2v) is 7.10. The molecule has 26 heavy (non-hydrogen) atoms. The quantitative estimate of drug-likeness (QED) is 0.886. The van der Waals surface area contributed by atoms with Crippen molar-refractivity contribution in [2.24, 2.45) is 5.92 Å². The zero-order valence-electron chi connectivity index (χ0n) is 14.4. The minimum Gasteiger partial charge on any atom is -0.318 e. The summed E-state index contributed by atoms with van der Waals surface area (Å²) >= 11 is 0. The molecule has 3 atom stereocenters. The van der Waals surface area contributed by atoms with Gasteiger partial charge in [-0.1, -0.05) is 6.07 Å². The first-order chi connectivity index (χ1) is 12.5. The van der Waals surface area contributed by atoms with E-state index >= 15 is 0 Å². The largest absolute Gasteiger partial charge is 0.322 e. The molecule has 2 bridgehead atoms. The van der Waals surface area contributed by atoms with Gasteiger partial charge >= 0.3 is 6.03 Å². The molecule has 3 heterocycles. The van der Waals surface area contributed by atoms with Crippen molar-refractivity contribution in [3.8, 4) is 17.2 Å². The predicted molar refractivity (Wildman–Crippen MR) is 95.8 cm³/mol. The number of urea groups is 1. The smallest absolute Gasteiger partial charge is 0.318 e. The molecule has 2 unspecified atom stereocenters. The van der Waals surface area contributed by atoms with Crippen LogP contribution in [0.25, 0.3) is 11.1 Å². The van der Waals surface area contributed by atoms with Crippen LogP contribution in [0, 0.1) is 30.0 Å². The van der Waals surface area contributed by atoms with Crippen molar-refractivity contribution in [1.82, 2.24) is 9.88 Å². The fourth-order valence-electron chi connectivity index (χ4n) is 4.07. The summed E-state index contributed by atoms with van der Waals surface area (Å²) in [5.74, 6) is -0.328. The first-order valence-electron chi connectivity index (χ1n) is 8.75. The lowest BCUT2D eigenvalue weighted by Crippen LogP contribution is -2.63. The maximum absolute atomic E-state index is 13.5. The van der Waals surface area contributed by atoms with Gasteiger partial charge in [0.05, 0.1) is 18.2 Å². The van der Waals surface area contributed by atoms with E-state index in [9.17, 15) is 9.18 Å². The highest BCUT2D eigenvalue weighted by atomic mass is 19.1. The Balaban J connectivity index is 1.52. The average Bonchev–Trinajstić information content (AvgIpc) is 2.63. The monoisotopic (exact) mass is 350 g/mol. The molecule has 0 radical (unpaired) electrons. The Morgan fingerprint density at radius 1 is 1.27 bits per heavy atom. The van der Waals surface area contributed by atoms with E-state index in [2.05, 4.69) is 16.4 Å². The average molecular weight is 350 g/mol. The number of hydrogen-bond donors (Lipinski definition) is 1. The third kappa shape index (κ3) is 2.90. The molecule has 2 aliphatic heterocycles. The van der Waals surface area contributed by atoms with Crippen LogP contribution in [0.4, 0.5) is 14.9 Å². The fourth-order valence-corrected chi connectivity index (χ4v) is 4.07. The number of benzene rings is 1. The minimum atomic E-state index is -0.392. The summed E-state index contributed by atoms with van der Waals surface area (Å²) < 4.78 is 13.5. The summed E-state index contributed by atoms with van der Waals surface area (Å²) in [6, 6.07) is 9.53. The van der Waals surface area contributed by atoms with Gasteiger partial charge in [-0.25, -0.2) is 9.18 Å². The summed E-state index contributed by atoms with van der Waals surface area (Å²) in [4.78, 5) is 18.4. The molecule has 5 nitrogen and oxygen atoms in total. The van der Waals surface area contributed by atoms with Crippen LogP contribution in [0.5, 0.6) is 0 Å². The number of nitrogens with zero attached hydrogens (tertiary/aromatic N) is 3. The van der Waals surface area contributed by atoms with Gasteiger partial charge in [-0.05, 0) is 55.5 Å². The number of anilines is 1. The van der Waals surface area contributed by atoms with Gasteiger partial charge in [0.2, 0.25) is 0 Å². The SMILES string of the molecule is Cc1ccc(NC(=O)N2C3CC(C#N)C[C@H]2C3)cc1-c1cncc(F)c1. The molecular formula is C20H19FN4O. The Hall–Kier alpha value is -2.94. The Kier molecular flexibility index (Phi) is 4.08. The van der Waals surface area contributed by atoms with Crippen LogP contribution in [-0.4, -0.2) is 28.0 Å². The van der Waals surface area contributed by atoms with Gasteiger partial charge in [-0.15, -0.1) is 0 Å². The highest BCUT2D eigenvalue weighted by Gasteiger charge is 2.47. The third-order valence-electron chi connectivity index (χ3n) is 5.37. The predicted octanol–water partition coefficient (Wildman–Crippen LogP) is 4.10. The fraction of sp³-hybridized carbons (Fsp3) is 0.350. The van der Waals surface area contributed by atoms with Crippen LogP contribution in [0.15, 0.2) is 36.7 Å². The van der Waals surface area contributed by atoms with Gasteiger partial charge in [0.25, 0.3) is 0 Å². The van der Waals surface area contributed by atoms with Crippen molar-refractivity contribution in [2.75, 3.05) is 5.32 Å². The van der Waals surface area contributed by atoms with Gasteiger partial charge in [0.15, 0.2) is 0 Å². The van der Waals surface area contributed by atoms with Crippen molar-refractivity contribution in [3.63, 3.8) is 0 Å². The second-order valence-electron chi connectivity index (χ2n) is 7.10. The van der Waals surface area contributed by atoms with Gasteiger partial charge in [-0.2, -0.15) is 5.26 Å². The summed E-state index contributed by atoms with van der Waals surface area (Å²) in [5, 5.41) is 12.0. The van der Waals surface area contributed by atoms with E-state index in [4.69, 9.17) is 5.26 Å². The Labute approximate surface area is 151 Å². The summed E-state index contributed by atoms with van der Waals surface area (Å²) in [5.41, 5.74) is 3.16. The number of piperidine rings is 1. The molecule has 0 aliphatic carbocycles. The van der Waals surface area contributed by atoms with Crippen molar-refractivity contribution in [3.05, 3.63) is 48.0 Å². The van der Waals surface area contributed by atoms with Crippen LogP contribution in [-0.2, 0) is 0 Å². The van der Waals surface area contributed by atoms with E-state index in [1.165, 1.54) is 12.3 Å². The summed E-state index contributed by atoms with van der Waals surface area (Å²) in [6.45, 7) is 1.94. The number of carbonyl (C=O) groups excluding carboxylic acids is 1. The number of fused-ring (bicyclic) bond motifs is 2. The number of rotatable bonds is 2. The van der Waals surface area contributed by atoms with Gasteiger partial charge in [0, 0.05) is 29.5 Å². The molecule has 0 saturated carbocycles. The standard InChI is InChI=1S/C20H19FN4O/c1-12-2-3-16(7-19(12)14-6-15(21)11-23-10-14)24-20(26)25-17-4-13(9-22)5-18(25)8-17/h2-3,6-7,10-11,13,17-18H,4-5,8H2,1H3,(H,24,26)/t13?,17-,18?/m0/s1. The maximum atomic E-state index is 13.5. The van der Waals surface area contributed by atoms with Gasteiger partial charge < -0.3 is 10.2 Å². The van der Waals surface area contributed by atoms with Crippen LogP contribution >= 0.6 is 0 Å². The molecule has 4 rings (SSSR count). The van der Waals surface area contributed by atoms with E-state index in [1.807, 2.05) is 30.0 Å². The van der Waals surface area contributed by atoms with E-state index < -0.39 is 5.82 Å². The number of aromatic nitrogens is 1. The maximum Gasteiger partial charge on any atom is 0.322 e. The second kappa shape index (κ2) is 6.41. The van der Waals surface area contributed by atoms with Crippen molar-refractivity contribution in [1.29, 1.82) is 5.26 Å². The molecule has 6 heteroatoms. The molecular weight excluding hydrogens is 331 g/mol. The number of carbonyl (C=O) groups is 1. The van der Waals surface area contributed by atoms with Gasteiger partial charge in [0.1, 0.15) is 5.82 Å². The van der Waals surface area contributed by atoms with E-state index in [1.54, 1.807) is 6.20 Å². The zero-order chi connectivity index (χ0) is 18.3. The first-order valence-corrected chi connectivity index (χ1v) is 8.75. The molecule has 2 aromatic rings. The van der Waals surface area contributed by atoms with Crippen LogP contribution in [0.2, 0.25) is 0 Å². The van der Waals surface area contributed by atoms with E-state index in [0.717, 1.165) is 30.4 Å². The topological polar surface area (TPSA) is 69.0 Å². The number of nitrogens with one attached hydrogen (secondary N) is 1. The highest BCUT2D eigenvalue weighted by Crippen LogP contribution is 2.41. The van der Waals surface area contributed by atoms with Crippen LogP contribution in [0.1, 0.15) is 24.8 Å². The lowest BCUT2D eigenvalue weighted by Gasteiger charge is -2.53. The summed E-state index contributed by atoms with van der Waals surface area (Å²) in [6.07, 6.45) is 5.28. The normalized spacial score (nSPS) is 23.7. The molecule has 2 saturated heterocycles. The number of aryl methyl sites for hydroxylation is 1. The Bertz CT molecular complexity index is 895. The molecule has 132 valence electrons. The Morgan fingerprint density at radius 3 is 2.73 bits per heavy atom. The molecule has 1 aromatic carbocycles. The highest BCUT2D eigenvalue weighted by molar-refractivity contribution is 5.91. The minimum absolute atomic E-state index is 0.0641. The van der Waals surface area contributed by atoms with Crippen molar-refractivity contribution >= 4 is 11.7 Å². The number of halogens is 1. The van der Waals surface area contributed by atoms with E-state index in [0.29, 0.717) is 11.3 Å². The molecule has 1 aromatic heterocycles. The number of nitriles is 1. The summed E-state index contributed by atoms with van der Waals surface area (Å²) in [7, 11) is 0. The Morgan fingerprint density at radius 2 is 2.04 bits per heavy atom. The lowest BCUT2D eigenvalue weighted by atomic mass is 9.74. The number of hydrogen-bond acceptors (Lipinski definition) is 3. The molecule has 2 amide bonds. The number of amides is 2. The van der Waals surface area contributed by atoms with Crippen molar-refractivity contribution < 1.29 is 9.18 Å². The molecule has 2 aliphatic rings. The zero-order valence-corrected chi connectivity index (χ0v) is 14.4. The number of pyridine rings is 1. The van der Waals surface area contributed by atoms with Crippen LogP contribution in [0.3, 0.4) is 0 Å². The first kappa shape index (κ1) is 16.5. The van der Waals surface area contributed by atoms with Crippen molar-refractivity contribution in [2.45, 2.75) is 38.3 Å². The third-order valence-corrected chi connectivity index (χ3v) is 5.37. The molecule has 1 N–H and O–H groups in total. The molecule has 2 fully saturated rings.